The van der Waals surface area contributed by atoms with Crippen LogP contribution in [0.4, 0.5) is 4.79 Å². The Labute approximate surface area is 125 Å². The summed E-state index contributed by atoms with van der Waals surface area (Å²) in [5.74, 6) is 1.39. The first-order chi connectivity index (χ1) is 10.3. The molecule has 0 spiro atoms. The molecule has 2 amide bonds. The second-order valence-electron chi connectivity index (χ2n) is 6.22. The van der Waals surface area contributed by atoms with E-state index in [4.69, 9.17) is 0 Å². The summed E-state index contributed by atoms with van der Waals surface area (Å²) in [6.45, 7) is 0.782. The van der Waals surface area contributed by atoms with Crippen molar-refractivity contribution in [2.75, 3.05) is 13.2 Å². The minimum Gasteiger partial charge on any atom is -0.396 e. The van der Waals surface area contributed by atoms with Crippen LogP contribution >= 0.6 is 0 Å². The van der Waals surface area contributed by atoms with Gasteiger partial charge in [0, 0.05) is 37.5 Å². The molecule has 5 heteroatoms. The summed E-state index contributed by atoms with van der Waals surface area (Å²) >= 11 is 0. The topological polar surface area (TPSA) is 74.2 Å². The molecule has 0 aromatic carbocycles. The molecule has 2 saturated carbocycles. The lowest BCUT2D eigenvalue weighted by Crippen LogP contribution is -2.49. The Hall–Kier alpha value is -1.62. The molecule has 0 saturated heterocycles. The monoisotopic (exact) mass is 289 g/mol. The molecule has 114 valence electrons. The number of rotatable bonds is 5. The Balaban J connectivity index is 1.44. The summed E-state index contributed by atoms with van der Waals surface area (Å²) in [5.41, 5.74) is 1.12. The van der Waals surface area contributed by atoms with Crippen molar-refractivity contribution in [2.45, 2.75) is 31.7 Å². The molecule has 3 rings (SSSR count). The van der Waals surface area contributed by atoms with Crippen molar-refractivity contribution in [1.29, 1.82) is 0 Å². The van der Waals surface area contributed by atoms with Gasteiger partial charge in [0.1, 0.15) is 0 Å². The maximum atomic E-state index is 12.0. The van der Waals surface area contributed by atoms with E-state index in [2.05, 4.69) is 15.6 Å². The number of nitrogens with one attached hydrogen (secondary N) is 2. The first kappa shape index (κ1) is 14.3. The van der Waals surface area contributed by atoms with Crippen molar-refractivity contribution in [3.05, 3.63) is 30.1 Å². The Morgan fingerprint density at radius 1 is 1.38 bits per heavy atom. The molecular weight excluding hydrogens is 266 g/mol. The smallest absolute Gasteiger partial charge is 0.315 e. The molecule has 2 fully saturated rings. The Bertz CT molecular complexity index is 480. The van der Waals surface area contributed by atoms with Gasteiger partial charge >= 0.3 is 6.03 Å². The third kappa shape index (κ3) is 3.18. The van der Waals surface area contributed by atoms with Gasteiger partial charge in [-0.3, -0.25) is 4.98 Å². The van der Waals surface area contributed by atoms with Gasteiger partial charge < -0.3 is 15.7 Å². The van der Waals surface area contributed by atoms with Gasteiger partial charge in [0.15, 0.2) is 0 Å². The zero-order valence-corrected chi connectivity index (χ0v) is 12.2. The predicted molar refractivity (Wildman–Crippen MR) is 79.7 cm³/mol. The fourth-order valence-corrected chi connectivity index (χ4v) is 3.97. The Kier molecular flexibility index (Phi) is 4.39. The lowest BCUT2D eigenvalue weighted by atomic mass is 9.85. The summed E-state index contributed by atoms with van der Waals surface area (Å²) in [7, 11) is 0. The van der Waals surface area contributed by atoms with Crippen LogP contribution in [0.3, 0.4) is 0 Å². The van der Waals surface area contributed by atoms with Crippen LogP contribution in [0.2, 0.25) is 0 Å². The number of amides is 2. The summed E-state index contributed by atoms with van der Waals surface area (Å²) in [5, 5.41) is 15.5. The number of hydrogen-bond acceptors (Lipinski definition) is 3. The molecule has 2 aliphatic rings. The minimum atomic E-state index is -0.116. The van der Waals surface area contributed by atoms with Gasteiger partial charge in [-0.2, -0.15) is 0 Å². The highest BCUT2D eigenvalue weighted by molar-refractivity contribution is 5.74. The average Bonchev–Trinajstić information content (AvgIpc) is 3.09. The summed E-state index contributed by atoms with van der Waals surface area (Å²) in [6, 6.07) is 3.93. The molecule has 1 aromatic heterocycles. The molecule has 5 nitrogen and oxygen atoms in total. The third-order valence-electron chi connectivity index (χ3n) is 5.02. The van der Waals surface area contributed by atoms with Crippen molar-refractivity contribution in [2.24, 2.45) is 17.8 Å². The lowest BCUT2D eigenvalue weighted by Gasteiger charge is -2.30. The van der Waals surface area contributed by atoms with Crippen LogP contribution in [-0.2, 0) is 6.42 Å². The maximum absolute atomic E-state index is 12.0. The number of hydrogen-bond donors (Lipinski definition) is 3. The molecule has 0 aliphatic heterocycles. The lowest BCUT2D eigenvalue weighted by molar-refractivity contribution is 0.144. The summed E-state index contributed by atoms with van der Waals surface area (Å²) < 4.78 is 0. The van der Waals surface area contributed by atoms with Crippen LogP contribution in [0.15, 0.2) is 24.5 Å². The molecule has 4 atom stereocenters. The van der Waals surface area contributed by atoms with Gasteiger partial charge in [-0.1, -0.05) is 6.07 Å². The number of carbonyl (C=O) groups is 1. The molecule has 21 heavy (non-hydrogen) atoms. The number of aliphatic hydroxyl groups excluding tert-OH is 1. The molecule has 0 radical (unpaired) electrons. The van der Waals surface area contributed by atoms with Crippen LogP contribution in [-0.4, -0.2) is 35.3 Å². The van der Waals surface area contributed by atoms with E-state index in [9.17, 15) is 9.90 Å². The highest BCUT2D eigenvalue weighted by Gasteiger charge is 2.47. The van der Waals surface area contributed by atoms with Crippen molar-refractivity contribution < 1.29 is 9.90 Å². The first-order valence-corrected chi connectivity index (χ1v) is 7.82. The molecule has 3 N–H and O–H groups in total. The highest BCUT2D eigenvalue weighted by atomic mass is 16.3. The molecule has 1 heterocycles. The zero-order chi connectivity index (χ0) is 14.7. The van der Waals surface area contributed by atoms with E-state index in [1.807, 2.05) is 18.3 Å². The van der Waals surface area contributed by atoms with Crippen LogP contribution in [0.1, 0.15) is 24.8 Å². The van der Waals surface area contributed by atoms with E-state index in [-0.39, 0.29) is 24.6 Å². The number of fused-ring (bicyclic) bond motifs is 2. The SMILES string of the molecule is O=C(NCCc1cccnc1)NC1C2CCC(C2)C1CO. The van der Waals surface area contributed by atoms with E-state index < -0.39 is 0 Å². The van der Waals surface area contributed by atoms with Crippen LogP contribution in [0.25, 0.3) is 0 Å². The number of urea groups is 1. The van der Waals surface area contributed by atoms with Crippen LogP contribution in [0, 0.1) is 17.8 Å². The number of carbonyl (C=O) groups excluding carboxylic acids is 1. The largest absolute Gasteiger partial charge is 0.396 e. The molecule has 2 aliphatic carbocycles. The van der Waals surface area contributed by atoms with Crippen molar-refractivity contribution in [1.82, 2.24) is 15.6 Å². The first-order valence-electron chi connectivity index (χ1n) is 7.82. The normalized spacial score (nSPS) is 30.3. The molecule has 1 aromatic rings. The van der Waals surface area contributed by atoms with E-state index in [0.29, 0.717) is 18.4 Å². The van der Waals surface area contributed by atoms with Gasteiger partial charge in [0.2, 0.25) is 0 Å². The quantitative estimate of drug-likeness (QED) is 0.765. The average molecular weight is 289 g/mol. The van der Waals surface area contributed by atoms with Gasteiger partial charge in [-0.25, -0.2) is 4.79 Å². The molecular formula is C16H23N3O2. The maximum Gasteiger partial charge on any atom is 0.315 e. The Morgan fingerprint density at radius 3 is 3.00 bits per heavy atom. The fourth-order valence-electron chi connectivity index (χ4n) is 3.97. The van der Waals surface area contributed by atoms with E-state index in [1.54, 1.807) is 6.20 Å². The van der Waals surface area contributed by atoms with Crippen molar-refractivity contribution >= 4 is 6.03 Å². The minimum absolute atomic E-state index is 0.116. The molecule has 2 bridgehead atoms. The number of aromatic nitrogens is 1. The van der Waals surface area contributed by atoms with Gasteiger partial charge in [-0.05, 0) is 49.1 Å². The second-order valence-corrected chi connectivity index (χ2v) is 6.22. The standard InChI is InChI=1S/C16H23N3O2/c20-10-14-12-3-4-13(8-12)15(14)19-16(21)18-7-5-11-2-1-6-17-9-11/h1-2,6,9,12-15,20H,3-5,7-8,10H2,(H2,18,19,21). The number of pyridine rings is 1. The van der Waals surface area contributed by atoms with Gasteiger partial charge in [0.05, 0.1) is 0 Å². The van der Waals surface area contributed by atoms with Gasteiger partial charge in [0.25, 0.3) is 0 Å². The van der Waals surface area contributed by atoms with Gasteiger partial charge in [-0.15, -0.1) is 0 Å². The highest BCUT2D eigenvalue weighted by Crippen LogP contribution is 2.48. The van der Waals surface area contributed by atoms with Crippen molar-refractivity contribution in [3.63, 3.8) is 0 Å². The number of nitrogens with zero attached hydrogens (tertiary/aromatic N) is 1. The molecule has 4 unspecified atom stereocenters. The zero-order valence-electron chi connectivity index (χ0n) is 12.2. The summed E-state index contributed by atoms with van der Waals surface area (Å²) in [4.78, 5) is 16.1. The van der Waals surface area contributed by atoms with E-state index in [0.717, 1.165) is 18.4 Å². The van der Waals surface area contributed by atoms with Crippen LogP contribution in [0.5, 0.6) is 0 Å². The fraction of sp³-hybridized carbons (Fsp3) is 0.625. The van der Waals surface area contributed by atoms with Crippen LogP contribution < -0.4 is 10.6 Å². The van der Waals surface area contributed by atoms with E-state index in [1.165, 1.54) is 12.8 Å². The Morgan fingerprint density at radius 2 is 2.24 bits per heavy atom. The number of aliphatic hydroxyl groups is 1. The second kappa shape index (κ2) is 6.43. The third-order valence-corrected chi connectivity index (χ3v) is 5.02. The van der Waals surface area contributed by atoms with Crippen molar-refractivity contribution in [3.8, 4) is 0 Å². The van der Waals surface area contributed by atoms with E-state index >= 15 is 0 Å². The predicted octanol–water partition coefficient (Wildman–Crippen LogP) is 1.33. The summed E-state index contributed by atoms with van der Waals surface area (Å²) in [6.07, 6.45) is 7.89.